The van der Waals surface area contributed by atoms with E-state index in [1.807, 2.05) is 185 Å². The van der Waals surface area contributed by atoms with E-state index >= 15 is 19.2 Å². The predicted molar refractivity (Wildman–Crippen MR) is 419 cm³/mol. The van der Waals surface area contributed by atoms with E-state index in [9.17, 15) is 28.8 Å². The minimum atomic E-state index is -1.54. The summed E-state index contributed by atoms with van der Waals surface area (Å²) in [6.45, 7) is 11.0. The molecule has 7 N–H and O–H groups in total. The molecule has 0 saturated carbocycles. The Morgan fingerprint density at radius 1 is 0.505 bits per heavy atom. The number of halogens is 1. The molecular weight excluding hydrogens is 1450 g/mol. The molecule has 109 heavy (non-hydrogen) atoms. The molecule has 0 aromatic heterocycles. The van der Waals surface area contributed by atoms with Crippen molar-refractivity contribution in [2.75, 3.05) is 26.2 Å². The normalized spacial score (nSPS) is 14.2. The van der Waals surface area contributed by atoms with Crippen LogP contribution >= 0.6 is 15.9 Å². The Morgan fingerprint density at radius 3 is 1.57 bits per heavy atom. The number of likely N-dealkylation sites (N-methyl/N-ethyl adjacent to an activating group) is 1. The molecule has 23 nitrogen and oxygen atoms in total. The van der Waals surface area contributed by atoms with Crippen LogP contribution in [0.3, 0.4) is 0 Å². The van der Waals surface area contributed by atoms with Gasteiger partial charge in [-0.05, 0) is 133 Å². The van der Waals surface area contributed by atoms with Gasteiger partial charge in [0.15, 0.2) is 0 Å². The highest BCUT2D eigenvalue weighted by molar-refractivity contribution is 9.10. The first kappa shape index (κ1) is 82.1. The number of carbonyl (C=O) groups is 10. The van der Waals surface area contributed by atoms with Crippen LogP contribution in [-0.2, 0) is 91.6 Å². The Kier molecular flexibility index (Phi) is 31.2. The molecule has 574 valence electrons. The third kappa shape index (κ3) is 25.3. The fourth-order valence-electron chi connectivity index (χ4n) is 13.0. The van der Waals surface area contributed by atoms with E-state index in [0.717, 1.165) is 42.7 Å². The van der Waals surface area contributed by atoms with Crippen molar-refractivity contribution in [1.29, 1.82) is 0 Å². The standard InChI is InChI=1S/C85H98BrN9O14/c1-7-87-82(102)76-34-22-44-95(76)83(103)70(33-20-21-43-94(56(4)5)84(104)107-52-60-25-12-9-13-26-60)89-77(97)71(45-55(2)3)90-80(100)74(50-62-36-40-64-28-15-17-30-66(64)47-62)91-79(99)73(48-58-37-41-68(42-38-58)109-85(105)108-53-67-31-18-19-32-69(67)86)92-81(101)75(54-106-51-59-23-10-8-11-24-59)93-78(98)72(88-57(6)96)49-61-35-39-63-27-14-16-29-65(63)46-61/h8-19,23-32,35-42,46-47,55-56,70-76H,7,20-22,33-34,43-45,48-54H2,1-6H3,(H,87,102)(H,88,96)(H,89,97)(H,90,100)(H,91,99)(H,92,101)(H,93,98)/t70-,71-,72+,73-,74+,75-,76-/m0/s1. The number of rotatable bonds is 37. The molecule has 0 unspecified atom stereocenters. The minimum Gasteiger partial charge on any atom is -0.445 e. The Labute approximate surface area is 644 Å². The van der Waals surface area contributed by atoms with Crippen LogP contribution in [0.15, 0.2) is 199 Å². The van der Waals surface area contributed by atoms with Crippen molar-refractivity contribution < 1.29 is 66.9 Å². The van der Waals surface area contributed by atoms with E-state index < -0.39 is 102 Å². The van der Waals surface area contributed by atoms with Gasteiger partial charge in [0.1, 0.15) is 61.3 Å². The van der Waals surface area contributed by atoms with E-state index in [-0.39, 0.29) is 88.6 Å². The highest BCUT2D eigenvalue weighted by atomic mass is 79.9. The van der Waals surface area contributed by atoms with Crippen molar-refractivity contribution in [3.05, 3.63) is 232 Å². The number of carbonyl (C=O) groups excluding carboxylic acids is 10. The SMILES string of the molecule is CCNC(=O)[C@@H]1CCCN1C(=O)[C@H](CCCCN(C(=O)OCc1ccccc1)C(C)C)NC(=O)[C@H](CC(C)C)NC(=O)[C@@H](Cc1ccc2ccccc2c1)NC(=O)[C@H](Cc1ccc(OC(=O)OCc2ccccc2Br)cc1)NC(=O)[C@H](COCc1ccccc1)NC(=O)[C@@H](Cc1ccc2ccccc2c1)NC(C)=O. The summed E-state index contributed by atoms with van der Waals surface area (Å²) in [7, 11) is 0. The quantitative estimate of drug-likeness (QED) is 0.0108. The number of hydrogen-bond acceptors (Lipinski definition) is 14. The van der Waals surface area contributed by atoms with Gasteiger partial charge in [-0.1, -0.05) is 206 Å². The second kappa shape index (κ2) is 41.4. The lowest BCUT2D eigenvalue weighted by Gasteiger charge is -2.31. The molecule has 8 aromatic carbocycles. The van der Waals surface area contributed by atoms with Crippen LogP contribution in [0.5, 0.6) is 5.75 Å². The van der Waals surface area contributed by atoms with E-state index in [4.69, 9.17) is 18.9 Å². The zero-order valence-electron chi connectivity index (χ0n) is 62.5. The van der Waals surface area contributed by atoms with Crippen LogP contribution in [0.25, 0.3) is 21.5 Å². The van der Waals surface area contributed by atoms with Crippen molar-refractivity contribution in [1.82, 2.24) is 47.0 Å². The van der Waals surface area contributed by atoms with Crippen LogP contribution in [0, 0.1) is 5.92 Å². The molecule has 9 amide bonds. The summed E-state index contributed by atoms with van der Waals surface area (Å²) in [5.41, 5.74) is 4.07. The van der Waals surface area contributed by atoms with E-state index in [1.54, 1.807) is 36.1 Å². The topological polar surface area (TPSA) is 298 Å². The highest BCUT2D eigenvalue weighted by Gasteiger charge is 2.40. The number of fused-ring (bicyclic) bond motifs is 2. The molecule has 0 spiro atoms. The molecule has 1 fully saturated rings. The number of hydrogen-bond donors (Lipinski definition) is 7. The Balaban J connectivity index is 1.01. The van der Waals surface area contributed by atoms with Crippen molar-refractivity contribution in [3.63, 3.8) is 0 Å². The van der Waals surface area contributed by atoms with E-state index in [0.29, 0.717) is 48.9 Å². The maximum atomic E-state index is 15.6. The van der Waals surface area contributed by atoms with Gasteiger partial charge in [-0.3, -0.25) is 38.4 Å². The predicted octanol–water partition coefficient (Wildman–Crippen LogP) is 11.0. The molecule has 9 rings (SSSR count). The Morgan fingerprint density at radius 2 is 1.00 bits per heavy atom. The number of amides is 9. The van der Waals surface area contributed by atoms with Gasteiger partial charge in [-0.25, -0.2) is 9.59 Å². The van der Waals surface area contributed by atoms with Gasteiger partial charge in [0.05, 0.1) is 13.2 Å². The average molecular weight is 1550 g/mol. The number of unbranched alkanes of at least 4 members (excludes halogenated alkanes) is 1. The van der Waals surface area contributed by atoms with Crippen LogP contribution in [0.1, 0.15) is 113 Å². The molecule has 1 saturated heterocycles. The number of ether oxygens (including phenoxy) is 4. The van der Waals surface area contributed by atoms with E-state index in [1.165, 1.54) is 24.0 Å². The van der Waals surface area contributed by atoms with Gasteiger partial charge in [0.25, 0.3) is 0 Å². The minimum absolute atomic E-state index is 0.0181. The zero-order valence-corrected chi connectivity index (χ0v) is 64.1. The lowest BCUT2D eigenvalue weighted by atomic mass is 9.98. The lowest BCUT2D eigenvalue weighted by molar-refractivity contribution is -0.142. The molecule has 1 heterocycles. The van der Waals surface area contributed by atoms with Crippen LogP contribution < -0.4 is 42.0 Å². The summed E-state index contributed by atoms with van der Waals surface area (Å²) in [6, 6.07) is 49.2. The largest absolute Gasteiger partial charge is 0.514 e. The maximum Gasteiger partial charge on any atom is 0.514 e. The molecule has 1 aliphatic rings. The molecule has 0 radical (unpaired) electrons. The smallest absolute Gasteiger partial charge is 0.445 e. The zero-order chi connectivity index (χ0) is 77.8. The molecule has 7 atom stereocenters. The van der Waals surface area contributed by atoms with Gasteiger partial charge >= 0.3 is 12.2 Å². The fraction of sp³-hybridized carbons (Fsp3) is 0.365. The maximum absolute atomic E-state index is 15.6. The summed E-state index contributed by atoms with van der Waals surface area (Å²) in [5.74, 6) is -5.39. The number of nitrogens with one attached hydrogen (secondary N) is 7. The molecule has 1 aliphatic heterocycles. The molecule has 8 aromatic rings. The molecule has 0 aliphatic carbocycles. The summed E-state index contributed by atoms with van der Waals surface area (Å²) in [5, 5.41) is 23.7. The molecule has 24 heteroatoms. The Hall–Kier alpha value is -11.0. The van der Waals surface area contributed by atoms with Gasteiger partial charge in [0, 0.05) is 61.9 Å². The highest BCUT2D eigenvalue weighted by Crippen LogP contribution is 2.25. The first-order chi connectivity index (χ1) is 52.6. The number of nitrogens with zero attached hydrogens (tertiary/aromatic N) is 2. The summed E-state index contributed by atoms with van der Waals surface area (Å²) >= 11 is 3.46. The first-order valence-corrected chi connectivity index (χ1v) is 38.0. The average Bonchev–Trinajstić information content (AvgIpc) is 1.79. The van der Waals surface area contributed by atoms with Gasteiger partial charge < -0.3 is 66.0 Å². The monoisotopic (exact) mass is 1550 g/mol. The fourth-order valence-corrected chi connectivity index (χ4v) is 13.4. The lowest BCUT2D eigenvalue weighted by Crippen LogP contribution is -2.61. The van der Waals surface area contributed by atoms with E-state index in [2.05, 4.69) is 53.1 Å². The molecule has 0 bridgehead atoms. The van der Waals surface area contributed by atoms with Crippen molar-refractivity contribution in [3.8, 4) is 5.75 Å². The summed E-state index contributed by atoms with van der Waals surface area (Å²) in [4.78, 5) is 147. The third-order valence-corrected chi connectivity index (χ3v) is 19.5. The first-order valence-electron chi connectivity index (χ1n) is 37.2. The second-order valence-electron chi connectivity index (χ2n) is 27.9. The second-order valence-corrected chi connectivity index (χ2v) is 28.8. The third-order valence-electron chi connectivity index (χ3n) is 18.7. The van der Waals surface area contributed by atoms with Gasteiger partial charge in [-0.15, -0.1) is 0 Å². The van der Waals surface area contributed by atoms with Gasteiger partial charge in [0.2, 0.25) is 47.3 Å². The summed E-state index contributed by atoms with van der Waals surface area (Å²) < 4.78 is 23.5. The van der Waals surface area contributed by atoms with Crippen LogP contribution in [0.4, 0.5) is 9.59 Å². The number of benzene rings is 8. The van der Waals surface area contributed by atoms with Gasteiger partial charge in [-0.2, -0.15) is 0 Å². The van der Waals surface area contributed by atoms with Crippen molar-refractivity contribution >= 4 is 97.0 Å². The Bertz CT molecular complexity index is 4410. The van der Waals surface area contributed by atoms with Crippen LogP contribution in [0.2, 0.25) is 0 Å². The van der Waals surface area contributed by atoms with Crippen molar-refractivity contribution in [2.45, 2.75) is 167 Å². The van der Waals surface area contributed by atoms with Crippen molar-refractivity contribution in [2.24, 2.45) is 5.92 Å². The van der Waals surface area contributed by atoms with Crippen LogP contribution in [-0.4, -0.2) is 144 Å². The number of likely N-dealkylation sites (tertiary alicyclic amines) is 1. The molecular formula is C85H98BrN9O14. The summed E-state index contributed by atoms with van der Waals surface area (Å²) in [6.07, 6.45) is 0.0439.